The number of aromatic nitrogens is 2. The van der Waals surface area contributed by atoms with Crippen molar-refractivity contribution in [2.45, 2.75) is 25.6 Å². The number of rotatable bonds is 4. The molecule has 2 aromatic rings. The number of halogens is 1. The van der Waals surface area contributed by atoms with Crippen LogP contribution in [0.15, 0.2) is 42.7 Å². The van der Waals surface area contributed by atoms with Gasteiger partial charge >= 0.3 is 0 Å². The summed E-state index contributed by atoms with van der Waals surface area (Å²) >= 11 is 0. The molecule has 1 saturated heterocycles. The van der Waals surface area contributed by atoms with E-state index in [1.165, 1.54) is 12.1 Å². The summed E-state index contributed by atoms with van der Waals surface area (Å²) in [7, 11) is 0. The number of ether oxygens (including phenoxy) is 1. The molecule has 1 fully saturated rings. The highest BCUT2D eigenvalue weighted by Crippen LogP contribution is 2.18. The molecular formula is C16H18FN3O. The van der Waals surface area contributed by atoms with Crippen LogP contribution in [0.3, 0.4) is 0 Å². The lowest BCUT2D eigenvalue weighted by atomic mass is 10.1. The fourth-order valence-corrected chi connectivity index (χ4v) is 2.47. The van der Waals surface area contributed by atoms with E-state index in [0.717, 1.165) is 37.4 Å². The van der Waals surface area contributed by atoms with Crippen LogP contribution in [0.4, 0.5) is 10.3 Å². The van der Waals surface area contributed by atoms with E-state index >= 15 is 0 Å². The zero-order valence-electron chi connectivity index (χ0n) is 11.8. The Labute approximate surface area is 123 Å². The summed E-state index contributed by atoms with van der Waals surface area (Å²) in [6, 6.07) is 8.29. The second-order valence-corrected chi connectivity index (χ2v) is 5.17. The fraction of sp³-hybridized carbons (Fsp3) is 0.375. The number of nitrogens with zero attached hydrogens (tertiary/aromatic N) is 3. The first kappa shape index (κ1) is 13.9. The third-order valence-electron chi connectivity index (χ3n) is 3.68. The van der Waals surface area contributed by atoms with Gasteiger partial charge in [0.15, 0.2) is 0 Å². The van der Waals surface area contributed by atoms with Crippen molar-refractivity contribution in [1.29, 1.82) is 0 Å². The first-order valence-corrected chi connectivity index (χ1v) is 7.19. The molecule has 5 heteroatoms. The lowest BCUT2D eigenvalue weighted by Crippen LogP contribution is -2.37. The summed E-state index contributed by atoms with van der Waals surface area (Å²) < 4.78 is 18.7. The Balaban J connectivity index is 1.47. The minimum absolute atomic E-state index is 0.213. The van der Waals surface area contributed by atoms with E-state index < -0.39 is 0 Å². The maximum Gasteiger partial charge on any atom is 0.225 e. The predicted octanol–water partition coefficient (Wildman–Crippen LogP) is 2.80. The van der Waals surface area contributed by atoms with Gasteiger partial charge < -0.3 is 9.64 Å². The van der Waals surface area contributed by atoms with Crippen LogP contribution in [0.25, 0.3) is 0 Å². The molecule has 0 amide bonds. The standard InChI is InChI=1S/C16H18FN3O/c17-14-4-2-13(3-5-14)12-21-15-6-10-20(11-7-15)16-18-8-1-9-19-16/h1-5,8-9,15H,6-7,10-12H2. The summed E-state index contributed by atoms with van der Waals surface area (Å²) in [4.78, 5) is 10.7. The lowest BCUT2D eigenvalue weighted by Gasteiger charge is -2.31. The molecule has 1 aliphatic rings. The van der Waals surface area contributed by atoms with Crippen molar-refractivity contribution in [3.63, 3.8) is 0 Å². The Morgan fingerprint density at radius 1 is 1.10 bits per heavy atom. The van der Waals surface area contributed by atoms with Gasteiger partial charge in [0.1, 0.15) is 5.82 Å². The van der Waals surface area contributed by atoms with Crippen molar-refractivity contribution in [2.24, 2.45) is 0 Å². The quantitative estimate of drug-likeness (QED) is 0.866. The van der Waals surface area contributed by atoms with Crippen molar-refractivity contribution < 1.29 is 9.13 Å². The van der Waals surface area contributed by atoms with Crippen LogP contribution in [-0.2, 0) is 11.3 Å². The molecule has 2 heterocycles. The monoisotopic (exact) mass is 287 g/mol. The van der Waals surface area contributed by atoms with Crippen LogP contribution in [0.1, 0.15) is 18.4 Å². The molecule has 0 N–H and O–H groups in total. The van der Waals surface area contributed by atoms with Crippen LogP contribution >= 0.6 is 0 Å². The van der Waals surface area contributed by atoms with Gasteiger partial charge in [-0.3, -0.25) is 0 Å². The largest absolute Gasteiger partial charge is 0.373 e. The average Bonchev–Trinajstić information content (AvgIpc) is 2.56. The van der Waals surface area contributed by atoms with Gasteiger partial charge in [-0.05, 0) is 36.6 Å². The van der Waals surface area contributed by atoms with Gasteiger partial charge in [0.25, 0.3) is 0 Å². The highest BCUT2D eigenvalue weighted by atomic mass is 19.1. The molecule has 110 valence electrons. The molecule has 0 unspecified atom stereocenters. The van der Waals surface area contributed by atoms with Crippen LogP contribution in [0, 0.1) is 5.82 Å². The maximum absolute atomic E-state index is 12.8. The van der Waals surface area contributed by atoms with E-state index in [9.17, 15) is 4.39 Å². The highest BCUT2D eigenvalue weighted by molar-refractivity contribution is 5.28. The van der Waals surface area contributed by atoms with Crippen LogP contribution < -0.4 is 4.90 Å². The van der Waals surface area contributed by atoms with Crippen LogP contribution in [0.2, 0.25) is 0 Å². The molecular weight excluding hydrogens is 269 g/mol. The average molecular weight is 287 g/mol. The molecule has 0 atom stereocenters. The molecule has 4 nitrogen and oxygen atoms in total. The van der Waals surface area contributed by atoms with Crippen molar-refractivity contribution in [3.8, 4) is 0 Å². The smallest absolute Gasteiger partial charge is 0.225 e. The number of hydrogen-bond donors (Lipinski definition) is 0. The van der Waals surface area contributed by atoms with E-state index in [1.54, 1.807) is 24.5 Å². The van der Waals surface area contributed by atoms with Crippen LogP contribution in [0.5, 0.6) is 0 Å². The minimum Gasteiger partial charge on any atom is -0.373 e. The highest BCUT2D eigenvalue weighted by Gasteiger charge is 2.21. The van der Waals surface area contributed by atoms with Gasteiger partial charge in [-0.2, -0.15) is 0 Å². The molecule has 0 aliphatic carbocycles. The Hall–Kier alpha value is -2.01. The molecule has 0 bridgehead atoms. The van der Waals surface area contributed by atoms with E-state index in [2.05, 4.69) is 14.9 Å². The minimum atomic E-state index is -0.213. The van der Waals surface area contributed by atoms with Crippen molar-refractivity contribution >= 4 is 5.95 Å². The van der Waals surface area contributed by atoms with Crippen LogP contribution in [-0.4, -0.2) is 29.2 Å². The van der Waals surface area contributed by atoms with Crippen molar-refractivity contribution in [1.82, 2.24) is 9.97 Å². The van der Waals surface area contributed by atoms with Gasteiger partial charge in [0.2, 0.25) is 5.95 Å². The van der Waals surface area contributed by atoms with E-state index in [4.69, 9.17) is 4.74 Å². The Bertz CT molecular complexity index is 553. The van der Waals surface area contributed by atoms with Gasteiger partial charge in [-0.25, -0.2) is 14.4 Å². The van der Waals surface area contributed by atoms with Gasteiger partial charge in [0, 0.05) is 25.5 Å². The lowest BCUT2D eigenvalue weighted by molar-refractivity contribution is 0.0249. The molecule has 1 aromatic carbocycles. The summed E-state index contributed by atoms with van der Waals surface area (Å²) in [5, 5.41) is 0. The third kappa shape index (κ3) is 3.76. The van der Waals surface area contributed by atoms with Gasteiger partial charge in [-0.15, -0.1) is 0 Å². The molecule has 0 spiro atoms. The second-order valence-electron chi connectivity index (χ2n) is 5.17. The van der Waals surface area contributed by atoms with E-state index in [1.807, 2.05) is 6.07 Å². The third-order valence-corrected chi connectivity index (χ3v) is 3.68. The maximum atomic E-state index is 12.8. The first-order valence-electron chi connectivity index (χ1n) is 7.19. The van der Waals surface area contributed by atoms with Crippen molar-refractivity contribution in [2.75, 3.05) is 18.0 Å². The molecule has 1 aromatic heterocycles. The van der Waals surface area contributed by atoms with E-state index in [0.29, 0.717) is 6.61 Å². The normalized spacial score (nSPS) is 16.1. The Kier molecular flexibility index (Phi) is 4.40. The summed E-state index contributed by atoms with van der Waals surface area (Å²) in [5.41, 5.74) is 1.00. The topological polar surface area (TPSA) is 38.2 Å². The number of anilines is 1. The Morgan fingerprint density at radius 3 is 2.43 bits per heavy atom. The zero-order chi connectivity index (χ0) is 14.5. The SMILES string of the molecule is Fc1ccc(COC2CCN(c3ncccn3)CC2)cc1. The number of benzene rings is 1. The number of hydrogen-bond acceptors (Lipinski definition) is 4. The second kappa shape index (κ2) is 6.63. The molecule has 0 saturated carbocycles. The van der Waals surface area contributed by atoms with Crippen molar-refractivity contribution in [3.05, 3.63) is 54.1 Å². The summed E-state index contributed by atoms with van der Waals surface area (Å²) in [6.07, 6.45) is 5.69. The molecule has 1 aliphatic heterocycles. The fourth-order valence-electron chi connectivity index (χ4n) is 2.47. The van der Waals surface area contributed by atoms with E-state index in [-0.39, 0.29) is 11.9 Å². The van der Waals surface area contributed by atoms with Gasteiger partial charge in [-0.1, -0.05) is 12.1 Å². The zero-order valence-corrected chi connectivity index (χ0v) is 11.8. The molecule has 0 radical (unpaired) electrons. The van der Waals surface area contributed by atoms with Gasteiger partial charge in [0.05, 0.1) is 12.7 Å². The predicted molar refractivity (Wildman–Crippen MR) is 78.5 cm³/mol. The summed E-state index contributed by atoms with van der Waals surface area (Å²) in [6.45, 7) is 2.34. The summed E-state index contributed by atoms with van der Waals surface area (Å²) in [5.74, 6) is 0.574. The first-order chi connectivity index (χ1) is 10.3. The molecule has 21 heavy (non-hydrogen) atoms. The molecule has 3 rings (SSSR count). The number of piperidine rings is 1. The Morgan fingerprint density at radius 2 is 1.76 bits per heavy atom.